The molecule has 1 aliphatic carbocycles. The monoisotopic (exact) mass is 246 g/mol. The number of likely N-dealkylation sites (N-methyl/N-ethyl adjacent to an activating group) is 1. The number of nitrogens with two attached hydrogens (primary N) is 1. The van der Waals surface area contributed by atoms with Crippen LogP contribution in [0.2, 0.25) is 0 Å². The lowest BCUT2D eigenvalue weighted by atomic mass is 10.3. The van der Waals surface area contributed by atoms with Gasteiger partial charge in [-0.25, -0.2) is 0 Å². The van der Waals surface area contributed by atoms with Gasteiger partial charge in [-0.1, -0.05) is 5.16 Å². The number of nitrogens with zero attached hydrogens (tertiary/aromatic N) is 3. The number of hydrogen-bond donors (Lipinski definition) is 1. The Labute approximate surface area is 102 Å². The van der Waals surface area contributed by atoms with Crippen molar-refractivity contribution < 1.29 is 4.52 Å². The van der Waals surface area contributed by atoms with Gasteiger partial charge in [0.25, 0.3) is 0 Å². The van der Waals surface area contributed by atoms with Crippen LogP contribution in [-0.2, 0) is 6.54 Å². The third-order valence-electron chi connectivity index (χ3n) is 2.90. The molecule has 2 rings (SSSR count). The van der Waals surface area contributed by atoms with E-state index in [1.165, 1.54) is 12.8 Å². The first-order valence-corrected chi connectivity index (χ1v) is 5.43. The molecule has 0 bridgehead atoms. The Hall–Kier alpha value is -0.650. The fourth-order valence-corrected chi connectivity index (χ4v) is 1.39. The molecular formula is C10H19ClN4O. The predicted molar refractivity (Wildman–Crippen MR) is 63.5 cm³/mol. The van der Waals surface area contributed by atoms with Gasteiger partial charge in [0.1, 0.15) is 0 Å². The second kappa shape index (κ2) is 5.61. The van der Waals surface area contributed by atoms with E-state index in [0.717, 1.165) is 5.82 Å². The number of rotatable bonds is 5. The topological polar surface area (TPSA) is 68.2 Å². The SMILES string of the molecule is CC(CN)N(C)Cc1nc(C2CC2)no1.Cl. The van der Waals surface area contributed by atoms with E-state index in [2.05, 4.69) is 22.0 Å². The first kappa shape index (κ1) is 13.4. The molecule has 1 fully saturated rings. The predicted octanol–water partition coefficient (Wildman–Crippen LogP) is 1.15. The van der Waals surface area contributed by atoms with Crippen molar-refractivity contribution in [3.63, 3.8) is 0 Å². The first-order chi connectivity index (χ1) is 7.20. The summed E-state index contributed by atoms with van der Waals surface area (Å²) in [6, 6.07) is 0.335. The zero-order valence-corrected chi connectivity index (χ0v) is 10.5. The Morgan fingerprint density at radius 1 is 1.56 bits per heavy atom. The molecule has 0 aromatic carbocycles. The third kappa shape index (κ3) is 3.17. The van der Waals surface area contributed by atoms with Crippen LogP contribution < -0.4 is 5.73 Å². The highest BCUT2D eigenvalue weighted by molar-refractivity contribution is 5.85. The highest BCUT2D eigenvalue weighted by atomic mass is 35.5. The molecule has 1 atom stereocenters. The molecule has 16 heavy (non-hydrogen) atoms. The van der Waals surface area contributed by atoms with Crippen LogP contribution >= 0.6 is 12.4 Å². The largest absolute Gasteiger partial charge is 0.338 e. The van der Waals surface area contributed by atoms with E-state index < -0.39 is 0 Å². The lowest BCUT2D eigenvalue weighted by molar-refractivity contribution is 0.218. The third-order valence-corrected chi connectivity index (χ3v) is 2.90. The van der Waals surface area contributed by atoms with Crippen LogP contribution in [-0.4, -0.2) is 34.7 Å². The molecule has 92 valence electrons. The first-order valence-electron chi connectivity index (χ1n) is 5.43. The van der Waals surface area contributed by atoms with Crippen LogP contribution in [0.5, 0.6) is 0 Å². The molecular weight excluding hydrogens is 228 g/mol. The fourth-order valence-electron chi connectivity index (χ4n) is 1.39. The molecule has 0 saturated heterocycles. The van der Waals surface area contributed by atoms with Gasteiger partial charge in [0, 0.05) is 18.5 Å². The number of hydrogen-bond acceptors (Lipinski definition) is 5. The van der Waals surface area contributed by atoms with E-state index in [0.29, 0.717) is 30.9 Å². The molecule has 0 radical (unpaired) electrons. The zero-order valence-electron chi connectivity index (χ0n) is 9.72. The molecule has 1 aliphatic rings. The Balaban J connectivity index is 0.00000128. The van der Waals surface area contributed by atoms with Crippen LogP contribution in [0.15, 0.2) is 4.52 Å². The maximum Gasteiger partial charge on any atom is 0.240 e. The second-order valence-electron chi connectivity index (χ2n) is 4.32. The van der Waals surface area contributed by atoms with E-state index >= 15 is 0 Å². The van der Waals surface area contributed by atoms with Crippen LogP contribution in [0, 0.1) is 0 Å². The maximum atomic E-state index is 5.58. The van der Waals surface area contributed by atoms with Gasteiger partial charge in [0.05, 0.1) is 6.54 Å². The molecule has 6 heteroatoms. The molecule has 1 aromatic heterocycles. The van der Waals surface area contributed by atoms with Crippen molar-refractivity contribution in [3.8, 4) is 0 Å². The minimum Gasteiger partial charge on any atom is -0.338 e. The highest BCUT2D eigenvalue weighted by Crippen LogP contribution is 2.38. The Kier molecular flexibility index (Phi) is 4.70. The molecule has 1 aromatic rings. The van der Waals surface area contributed by atoms with Crippen molar-refractivity contribution in [1.29, 1.82) is 0 Å². The van der Waals surface area contributed by atoms with Crippen molar-refractivity contribution in [2.24, 2.45) is 5.73 Å². The van der Waals surface area contributed by atoms with Gasteiger partial charge in [-0.2, -0.15) is 4.98 Å². The van der Waals surface area contributed by atoms with Crippen molar-refractivity contribution in [2.45, 2.75) is 38.3 Å². The average Bonchev–Trinajstić information content (AvgIpc) is 2.99. The standard InChI is InChI=1S/C10H18N4O.ClH/c1-7(5-11)14(2)6-9-12-10(13-15-9)8-3-4-8;/h7-8H,3-6,11H2,1-2H3;1H. The van der Waals surface area contributed by atoms with Crippen molar-refractivity contribution in [1.82, 2.24) is 15.0 Å². The number of halogens is 1. The van der Waals surface area contributed by atoms with Crippen molar-refractivity contribution >= 4 is 12.4 Å². The molecule has 0 aliphatic heterocycles. The Morgan fingerprint density at radius 3 is 2.81 bits per heavy atom. The quantitative estimate of drug-likeness (QED) is 0.844. The molecule has 1 saturated carbocycles. The van der Waals surface area contributed by atoms with Gasteiger partial charge in [-0.05, 0) is 26.8 Å². The second-order valence-corrected chi connectivity index (χ2v) is 4.32. The maximum absolute atomic E-state index is 5.58. The lowest BCUT2D eigenvalue weighted by Crippen LogP contribution is -2.34. The van der Waals surface area contributed by atoms with Gasteiger partial charge in [0.15, 0.2) is 5.82 Å². The minimum atomic E-state index is 0. The summed E-state index contributed by atoms with van der Waals surface area (Å²) in [5, 5.41) is 3.97. The van der Waals surface area contributed by atoms with E-state index in [1.54, 1.807) is 0 Å². The highest BCUT2D eigenvalue weighted by Gasteiger charge is 2.28. The number of aromatic nitrogens is 2. The van der Waals surface area contributed by atoms with Crippen molar-refractivity contribution in [3.05, 3.63) is 11.7 Å². The van der Waals surface area contributed by atoms with E-state index in [9.17, 15) is 0 Å². The minimum absolute atomic E-state index is 0. The van der Waals surface area contributed by atoms with Gasteiger partial charge in [-0.3, -0.25) is 4.90 Å². The van der Waals surface area contributed by atoms with Crippen LogP contribution in [0.25, 0.3) is 0 Å². The summed E-state index contributed by atoms with van der Waals surface area (Å²) in [6.07, 6.45) is 2.40. The van der Waals surface area contributed by atoms with Crippen LogP contribution in [0.1, 0.15) is 37.4 Å². The summed E-state index contributed by atoms with van der Waals surface area (Å²) in [5.41, 5.74) is 5.58. The molecule has 0 amide bonds. The molecule has 5 nitrogen and oxygen atoms in total. The summed E-state index contributed by atoms with van der Waals surface area (Å²) in [7, 11) is 2.01. The smallest absolute Gasteiger partial charge is 0.240 e. The molecule has 1 unspecified atom stereocenters. The fraction of sp³-hybridized carbons (Fsp3) is 0.800. The van der Waals surface area contributed by atoms with E-state index in [-0.39, 0.29) is 12.4 Å². The summed E-state index contributed by atoms with van der Waals surface area (Å²) >= 11 is 0. The lowest BCUT2D eigenvalue weighted by Gasteiger charge is -2.20. The van der Waals surface area contributed by atoms with Crippen LogP contribution in [0.3, 0.4) is 0 Å². The molecule has 2 N–H and O–H groups in total. The van der Waals surface area contributed by atoms with Gasteiger partial charge < -0.3 is 10.3 Å². The van der Waals surface area contributed by atoms with Gasteiger partial charge >= 0.3 is 0 Å². The van der Waals surface area contributed by atoms with E-state index in [1.807, 2.05) is 7.05 Å². The normalized spacial score (nSPS) is 17.2. The van der Waals surface area contributed by atoms with Crippen molar-refractivity contribution in [2.75, 3.05) is 13.6 Å². The van der Waals surface area contributed by atoms with Crippen LogP contribution in [0.4, 0.5) is 0 Å². The van der Waals surface area contributed by atoms with Gasteiger partial charge in [-0.15, -0.1) is 12.4 Å². The summed E-state index contributed by atoms with van der Waals surface area (Å²) in [5.74, 6) is 2.12. The summed E-state index contributed by atoms with van der Waals surface area (Å²) in [6.45, 7) is 3.40. The summed E-state index contributed by atoms with van der Waals surface area (Å²) in [4.78, 5) is 6.48. The molecule has 1 heterocycles. The molecule has 0 spiro atoms. The zero-order chi connectivity index (χ0) is 10.8. The Bertz CT molecular complexity index is 326. The van der Waals surface area contributed by atoms with E-state index in [4.69, 9.17) is 10.3 Å². The average molecular weight is 247 g/mol. The Morgan fingerprint density at radius 2 is 2.25 bits per heavy atom. The van der Waals surface area contributed by atoms with Gasteiger partial charge in [0.2, 0.25) is 5.89 Å². The summed E-state index contributed by atoms with van der Waals surface area (Å²) < 4.78 is 5.19.